The van der Waals surface area contributed by atoms with Gasteiger partial charge >= 0.3 is 12.1 Å². The number of benzene rings is 2. The van der Waals surface area contributed by atoms with E-state index in [0.717, 1.165) is 22.3 Å². The maximum absolute atomic E-state index is 12.9. The smallest absolute Gasteiger partial charge is 0.407 e. The van der Waals surface area contributed by atoms with Gasteiger partial charge in [0.1, 0.15) is 6.61 Å². The molecular formula is C27H32N2O5. The van der Waals surface area contributed by atoms with Crippen LogP contribution in [0.15, 0.2) is 60.2 Å². The van der Waals surface area contributed by atoms with Crippen molar-refractivity contribution in [2.45, 2.75) is 39.5 Å². The molecule has 0 saturated heterocycles. The molecular weight excluding hydrogens is 432 g/mol. The number of hydrogen-bond donors (Lipinski definition) is 3. The molecule has 1 aliphatic rings. The summed E-state index contributed by atoms with van der Waals surface area (Å²) in [6.07, 6.45) is 1.92. The quantitative estimate of drug-likeness (QED) is 0.450. The first-order valence-electron chi connectivity index (χ1n) is 11.6. The van der Waals surface area contributed by atoms with Gasteiger partial charge in [-0.05, 0) is 42.0 Å². The Kier molecular flexibility index (Phi) is 8.10. The number of carboxylic acids is 1. The highest BCUT2D eigenvalue weighted by Gasteiger charge is 2.35. The van der Waals surface area contributed by atoms with Crippen molar-refractivity contribution in [2.75, 3.05) is 19.7 Å². The van der Waals surface area contributed by atoms with E-state index in [1.54, 1.807) is 0 Å². The van der Waals surface area contributed by atoms with Gasteiger partial charge in [-0.1, -0.05) is 68.5 Å². The molecule has 0 aliphatic heterocycles. The van der Waals surface area contributed by atoms with E-state index in [1.807, 2.05) is 38.1 Å². The van der Waals surface area contributed by atoms with Crippen LogP contribution < -0.4 is 10.6 Å². The number of fused-ring (bicyclic) bond motifs is 3. The molecule has 1 aliphatic carbocycles. The number of hydrogen-bond acceptors (Lipinski definition) is 4. The lowest BCUT2D eigenvalue weighted by molar-refractivity contribution is -0.133. The molecule has 7 nitrogen and oxygen atoms in total. The zero-order valence-electron chi connectivity index (χ0n) is 19.9. The molecule has 0 unspecified atom stereocenters. The summed E-state index contributed by atoms with van der Waals surface area (Å²) in [6.45, 7) is 5.70. The van der Waals surface area contributed by atoms with Crippen LogP contribution in [0.2, 0.25) is 0 Å². The van der Waals surface area contributed by atoms with Gasteiger partial charge in [0.2, 0.25) is 5.91 Å². The predicted octanol–water partition coefficient (Wildman–Crippen LogP) is 4.48. The van der Waals surface area contributed by atoms with Crippen LogP contribution in [0.25, 0.3) is 11.1 Å². The Bertz CT molecular complexity index is 1040. The first kappa shape index (κ1) is 25.0. The minimum absolute atomic E-state index is 0.0344. The lowest BCUT2D eigenvalue weighted by Gasteiger charge is -2.30. The minimum Gasteiger partial charge on any atom is -0.478 e. The molecule has 3 N–H and O–H groups in total. The van der Waals surface area contributed by atoms with Crippen molar-refractivity contribution in [3.05, 3.63) is 71.3 Å². The van der Waals surface area contributed by atoms with Gasteiger partial charge in [0.05, 0.1) is 5.41 Å². The molecule has 0 saturated carbocycles. The van der Waals surface area contributed by atoms with Crippen LogP contribution in [0.5, 0.6) is 0 Å². The molecule has 2 aromatic carbocycles. The standard InChI is InChI=1S/C27H32N2O5/c1-4-27(5-2,25(32)28-15-14-18(3)24(30)31)17-29-26(33)34-16-23-21-12-8-6-10-19(21)20-11-7-9-13-22(20)23/h6-14,23H,4-5,15-17H2,1-3H3,(H,28,32)(H,29,33)(H,30,31)/b18-14+. The zero-order chi connectivity index (χ0) is 24.7. The predicted molar refractivity (Wildman–Crippen MR) is 130 cm³/mol. The number of carboxylic acid groups (broad SMARTS) is 1. The van der Waals surface area contributed by atoms with E-state index < -0.39 is 17.5 Å². The van der Waals surface area contributed by atoms with E-state index in [0.29, 0.717) is 12.8 Å². The average Bonchev–Trinajstić information content (AvgIpc) is 3.17. The lowest BCUT2D eigenvalue weighted by Crippen LogP contribution is -2.48. The first-order valence-corrected chi connectivity index (χ1v) is 11.6. The van der Waals surface area contributed by atoms with Gasteiger partial charge in [0, 0.05) is 24.6 Å². The fourth-order valence-corrected chi connectivity index (χ4v) is 4.36. The summed E-state index contributed by atoms with van der Waals surface area (Å²) in [5.41, 5.74) is 3.94. The van der Waals surface area contributed by atoms with Crippen LogP contribution in [0.1, 0.15) is 50.7 Å². The Hall–Kier alpha value is -3.61. The third kappa shape index (κ3) is 5.30. The number of aliphatic carboxylic acids is 1. The Balaban J connectivity index is 1.59. The minimum atomic E-state index is -1.02. The summed E-state index contributed by atoms with van der Waals surface area (Å²) >= 11 is 0. The first-order chi connectivity index (χ1) is 16.3. The van der Waals surface area contributed by atoms with Crippen molar-refractivity contribution in [3.8, 4) is 11.1 Å². The molecule has 7 heteroatoms. The van der Waals surface area contributed by atoms with Gasteiger partial charge in [0.25, 0.3) is 0 Å². The van der Waals surface area contributed by atoms with Crippen LogP contribution in [-0.4, -0.2) is 42.8 Å². The number of amides is 2. The molecule has 0 fully saturated rings. The number of alkyl carbamates (subject to hydrolysis) is 1. The van der Waals surface area contributed by atoms with Gasteiger partial charge in [0.15, 0.2) is 0 Å². The number of rotatable bonds is 10. The molecule has 0 aromatic heterocycles. The van der Waals surface area contributed by atoms with Gasteiger partial charge in [-0.2, -0.15) is 0 Å². The van der Waals surface area contributed by atoms with E-state index in [2.05, 4.69) is 34.9 Å². The Morgan fingerprint density at radius 1 is 0.971 bits per heavy atom. The second-order valence-corrected chi connectivity index (χ2v) is 8.57. The highest BCUT2D eigenvalue weighted by atomic mass is 16.5. The van der Waals surface area contributed by atoms with Crippen molar-refractivity contribution >= 4 is 18.0 Å². The molecule has 3 rings (SSSR count). The molecule has 0 radical (unpaired) electrons. The van der Waals surface area contributed by atoms with Gasteiger partial charge in [-0.15, -0.1) is 0 Å². The summed E-state index contributed by atoms with van der Waals surface area (Å²) in [4.78, 5) is 36.3. The largest absolute Gasteiger partial charge is 0.478 e. The SMILES string of the molecule is CCC(CC)(CNC(=O)OCC1c2ccccc2-c2ccccc21)C(=O)NC/C=C(\C)C(=O)O. The van der Waals surface area contributed by atoms with Crippen molar-refractivity contribution in [3.63, 3.8) is 0 Å². The molecule has 0 atom stereocenters. The van der Waals surface area contributed by atoms with Gasteiger partial charge in [-0.25, -0.2) is 9.59 Å². The number of carbonyl (C=O) groups is 3. The molecule has 0 bridgehead atoms. The van der Waals surface area contributed by atoms with E-state index in [4.69, 9.17) is 9.84 Å². The summed E-state index contributed by atoms with van der Waals surface area (Å²) in [6, 6.07) is 16.3. The Morgan fingerprint density at radius 2 is 1.53 bits per heavy atom. The van der Waals surface area contributed by atoms with Crippen molar-refractivity contribution in [2.24, 2.45) is 5.41 Å². The van der Waals surface area contributed by atoms with Gasteiger partial charge < -0.3 is 20.5 Å². The second-order valence-electron chi connectivity index (χ2n) is 8.57. The number of nitrogens with one attached hydrogen (secondary N) is 2. The van der Waals surface area contributed by atoms with E-state index in [9.17, 15) is 14.4 Å². The van der Waals surface area contributed by atoms with Crippen molar-refractivity contribution in [1.29, 1.82) is 0 Å². The molecule has 2 amide bonds. The molecule has 34 heavy (non-hydrogen) atoms. The monoisotopic (exact) mass is 464 g/mol. The fourth-order valence-electron chi connectivity index (χ4n) is 4.36. The maximum atomic E-state index is 12.9. The van der Waals surface area contributed by atoms with Crippen LogP contribution in [0.4, 0.5) is 4.79 Å². The summed E-state index contributed by atoms with van der Waals surface area (Å²) in [5, 5.41) is 14.5. The number of ether oxygens (including phenoxy) is 1. The summed E-state index contributed by atoms with van der Waals surface area (Å²) in [5.74, 6) is -1.29. The van der Waals surface area contributed by atoms with Crippen LogP contribution in [-0.2, 0) is 14.3 Å². The molecule has 0 spiro atoms. The van der Waals surface area contributed by atoms with Crippen LogP contribution >= 0.6 is 0 Å². The van der Waals surface area contributed by atoms with Crippen molar-refractivity contribution in [1.82, 2.24) is 10.6 Å². The summed E-state index contributed by atoms with van der Waals surface area (Å²) < 4.78 is 5.59. The zero-order valence-corrected chi connectivity index (χ0v) is 19.9. The fraction of sp³-hybridized carbons (Fsp3) is 0.370. The Morgan fingerprint density at radius 3 is 2.06 bits per heavy atom. The highest BCUT2D eigenvalue weighted by Crippen LogP contribution is 2.44. The van der Waals surface area contributed by atoms with E-state index in [-0.39, 0.29) is 37.1 Å². The van der Waals surface area contributed by atoms with E-state index in [1.165, 1.54) is 13.0 Å². The molecule has 180 valence electrons. The Labute approximate surface area is 200 Å². The average molecular weight is 465 g/mol. The van der Waals surface area contributed by atoms with Crippen LogP contribution in [0.3, 0.4) is 0 Å². The third-order valence-electron chi connectivity index (χ3n) is 6.76. The van der Waals surface area contributed by atoms with Gasteiger partial charge in [-0.3, -0.25) is 4.79 Å². The normalized spacial score (nSPS) is 13.1. The topological polar surface area (TPSA) is 105 Å². The third-order valence-corrected chi connectivity index (χ3v) is 6.76. The maximum Gasteiger partial charge on any atom is 0.407 e. The second kappa shape index (κ2) is 11.0. The number of carbonyl (C=O) groups excluding carboxylic acids is 2. The van der Waals surface area contributed by atoms with Crippen LogP contribution in [0, 0.1) is 5.41 Å². The lowest BCUT2D eigenvalue weighted by atomic mass is 9.81. The molecule has 0 heterocycles. The highest BCUT2D eigenvalue weighted by molar-refractivity contribution is 5.86. The summed E-state index contributed by atoms with van der Waals surface area (Å²) in [7, 11) is 0. The molecule has 2 aromatic rings. The van der Waals surface area contributed by atoms with E-state index >= 15 is 0 Å². The van der Waals surface area contributed by atoms with Crippen molar-refractivity contribution < 1.29 is 24.2 Å².